The van der Waals surface area contributed by atoms with Gasteiger partial charge in [0.15, 0.2) is 5.78 Å². The molecule has 1 rings (SSSR count). The van der Waals surface area contributed by atoms with Crippen LogP contribution in [0.15, 0.2) is 24.3 Å². The van der Waals surface area contributed by atoms with Crippen molar-refractivity contribution < 1.29 is 9.53 Å². The minimum atomic E-state index is -0.0537. The van der Waals surface area contributed by atoms with Crippen LogP contribution in [0.1, 0.15) is 28.9 Å². The van der Waals surface area contributed by atoms with E-state index in [-0.39, 0.29) is 11.9 Å². The maximum absolute atomic E-state index is 11.8. The minimum absolute atomic E-state index is 0.0537. The summed E-state index contributed by atoms with van der Waals surface area (Å²) in [6.45, 7) is 2.29. The van der Waals surface area contributed by atoms with E-state index in [1.54, 1.807) is 14.2 Å². The fourth-order valence-corrected chi connectivity index (χ4v) is 1.49. The van der Waals surface area contributed by atoms with Gasteiger partial charge in [0.2, 0.25) is 0 Å². The normalized spacial score (nSPS) is 12.5. The summed E-state index contributed by atoms with van der Waals surface area (Å²) >= 11 is 0. The van der Waals surface area contributed by atoms with E-state index in [1.165, 1.54) is 0 Å². The standard InChI is InChI=1S/C12H17NO2/c1-9(15-3)10-6-4-5-7-11(10)12(14)8-13-2/h4-7,9,13H,8H2,1-3H3. The SMILES string of the molecule is CNCC(=O)c1ccccc1C(C)OC. The highest BCUT2D eigenvalue weighted by atomic mass is 16.5. The van der Waals surface area contributed by atoms with Crippen LogP contribution >= 0.6 is 0 Å². The molecule has 0 fully saturated rings. The van der Waals surface area contributed by atoms with Crippen molar-refractivity contribution in [1.82, 2.24) is 5.32 Å². The first kappa shape index (κ1) is 11.9. The number of nitrogens with one attached hydrogen (secondary N) is 1. The second kappa shape index (κ2) is 5.63. The molecule has 0 radical (unpaired) electrons. The van der Waals surface area contributed by atoms with Gasteiger partial charge in [0.05, 0.1) is 12.6 Å². The van der Waals surface area contributed by atoms with Crippen molar-refractivity contribution in [3.05, 3.63) is 35.4 Å². The molecule has 1 aromatic carbocycles. The van der Waals surface area contributed by atoms with Gasteiger partial charge in [-0.15, -0.1) is 0 Å². The molecule has 0 saturated heterocycles. The van der Waals surface area contributed by atoms with Gasteiger partial charge in [-0.2, -0.15) is 0 Å². The van der Waals surface area contributed by atoms with Crippen molar-refractivity contribution in [2.75, 3.05) is 20.7 Å². The van der Waals surface area contributed by atoms with Crippen LogP contribution < -0.4 is 5.32 Å². The van der Waals surface area contributed by atoms with Crippen LogP contribution in [-0.2, 0) is 4.74 Å². The summed E-state index contributed by atoms with van der Waals surface area (Å²) in [7, 11) is 3.41. The predicted octanol–water partition coefficient (Wildman–Crippen LogP) is 1.80. The molecule has 1 unspecified atom stereocenters. The number of hydrogen-bond acceptors (Lipinski definition) is 3. The van der Waals surface area contributed by atoms with Crippen molar-refractivity contribution in [3.63, 3.8) is 0 Å². The predicted molar refractivity (Wildman–Crippen MR) is 60.1 cm³/mol. The molecule has 0 spiro atoms. The zero-order valence-electron chi connectivity index (χ0n) is 9.41. The van der Waals surface area contributed by atoms with E-state index in [9.17, 15) is 4.79 Å². The molecule has 0 bridgehead atoms. The number of ketones is 1. The van der Waals surface area contributed by atoms with Crippen LogP contribution in [0, 0.1) is 0 Å². The number of Topliss-reactive ketones (excluding diaryl/α,β-unsaturated/α-hetero) is 1. The van der Waals surface area contributed by atoms with Gasteiger partial charge in [0.1, 0.15) is 0 Å². The number of hydrogen-bond donors (Lipinski definition) is 1. The lowest BCUT2D eigenvalue weighted by atomic mass is 10.00. The van der Waals surface area contributed by atoms with Crippen LogP contribution in [-0.4, -0.2) is 26.5 Å². The van der Waals surface area contributed by atoms with Gasteiger partial charge in [-0.1, -0.05) is 24.3 Å². The fourth-order valence-electron chi connectivity index (χ4n) is 1.49. The van der Waals surface area contributed by atoms with E-state index in [2.05, 4.69) is 5.32 Å². The molecule has 1 aromatic rings. The van der Waals surface area contributed by atoms with Crippen molar-refractivity contribution in [1.29, 1.82) is 0 Å². The molecule has 0 aliphatic heterocycles. The summed E-state index contributed by atoms with van der Waals surface area (Å²) in [5.41, 5.74) is 1.68. The number of carbonyl (C=O) groups excluding carboxylic acids is 1. The third-order valence-corrected chi connectivity index (χ3v) is 2.39. The van der Waals surface area contributed by atoms with E-state index in [4.69, 9.17) is 4.74 Å². The molecule has 82 valence electrons. The Morgan fingerprint density at radius 2 is 2.13 bits per heavy atom. The summed E-state index contributed by atoms with van der Waals surface area (Å²) in [5.74, 6) is 0.0944. The van der Waals surface area contributed by atoms with E-state index in [0.717, 1.165) is 11.1 Å². The number of methoxy groups -OCH3 is 1. The Balaban J connectivity index is 3.00. The number of rotatable bonds is 5. The molecule has 0 amide bonds. The van der Waals surface area contributed by atoms with Crippen molar-refractivity contribution in [2.24, 2.45) is 0 Å². The van der Waals surface area contributed by atoms with Crippen LogP contribution in [0.4, 0.5) is 0 Å². The minimum Gasteiger partial charge on any atom is -0.377 e. The van der Waals surface area contributed by atoms with Gasteiger partial charge in [-0.05, 0) is 19.5 Å². The summed E-state index contributed by atoms with van der Waals surface area (Å²) in [5, 5.41) is 2.86. The van der Waals surface area contributed by atoms with Gasteiger partial charge in [-0.3, -0.25) is 4.79 Å². The fraction of sp³-hybridized carbons (Fsp3) is 0.417. The number of benzene rings is 1. The average Bonchev–Trinajstić information content (AvgIpc) is 2.28. The lowest BCUT2D eigenvalue weighted by molar-refractivity contribution is 0.0971. The quantitative estimate of drug-likeness (QED) is 0.748. The van der Waals surface area contributed by atoms with Crippen molar-refractivity contribution in [3.8, 4) is 0 Å². The topological polar surface area (TPSA) is 38.3 Å². The average molecular weight is 207 g/mol. The highest BCUT2D eigenvalue weighted by Gasteiger charge is 2.14. The molecule has 0 heterocycles. The van der Waals surface area contributed by atoms with E-state index in [1.807, 2.05) is 31.2 Å². The summed E-state index contributed by atoms with van der Waals surface area (Å²) in [4.78, 5) is 11.8. The molecule has 1 N–H and O–H groups in total. The first-order chi connectivity index (χ1) is 7.20. The van der Waals surface area contributed by atoms with E-state index in [0.29, 0.717) is 6.54 Å². The molecule has 1 atom stereocenters. The molecule has 0 saturated carbocycles. The van der Waals surface area contributed by atoms with E-state index >= 15 is 0 Å². The van der Waals surface area contributed by atoms with Gasteiger partial charge in [0, 0.05) is 12.7 Å². The largest absolute Gasteiger partial charge is 0.377 e. The van der Waals surface area contributed by atoms with Crippen LogP contribution in [0.5, 0.6) is 0 Å². The maximum atomic E-state index is 11.8. The summed E-state index contributed by atoms with van der Waals surface area (Å²) in [6.07, 6.45) is -0.0537. The Morgan fingerprint density at radius 3 is 2.73 bits per heavy atom. The van der Waals surface area contributed by atoms with Crippen LogP contribution in [0.25, 0.3) is 0 Å². The van der Waals surface area contributed by atoms with Crippen molar-refractivity contribution >= 4 is 5.78 Å². The Hall–Kier alpha value is -1.19. The Kier molecular flexibility index (Phi) is 4.46. The summed E-state index contributed by atoms with van der Waals surface area (Å²) < 4.78 is 5.23. The highest BCUT2D eigenvalue weighted by molar-refractivity contribution is 5.99. The molecular weight excluding hydrogens is 190 g/mol. The molecule has 0 aliphatic rings. The van der Waals surface area contributed by atoms with E-state index < -0.39 is 0 Å². The van der Waals surface area contributed by atoms with Crippen LogP contribution in [0.2, 0.25) is 0 Å². The van der Waals surface area contributed by atoms with Crippen molar-refractivity contribution in [2.45, 2.75) is 13.0 Å². The van der Waals surface area contributed by atoms with Crippen LogP contribution in [0.3, 0.4) is 0 Å². The lowest BCUT2D eigenvalue weighted by Crippen LogP contribution is -2.20. The highest BCUT2D eigenvalue weighted by Crippen LogP contribution is 2.20. The second-order valence-electron chi connectivity index (χ2n) is 3.42. The number of likely N-dealkylation sites (N-methyl/N-ethyl adjacent to an activating group) is 1. The first-order valence-electron chi connectivity index (χ1n) is 5.00. The zero-order chi connectivity index (χ0) is 11.3. The second-order valence-corrected chi connectivity index (χ2v) is 3.42. The van der Waals surface area contributed by atoms with Gasteiger partial charge in [0.25, 0.3) is 0 Å². The smallest absolute Gasteiger partial charge is 0.176 e. The molecule has 3 heteroatoms. The van der Waals surface area contributed by atoms with Gasteiger partial charge in [-0.25, -0.2) is 0 Å². The maximum Gasteiger partial charge on any atom is 0.176 e. The monoisotopic (exact) mass is 207 g/mol. The zero-order valence-corrected chi connectivity index (χ0v) is 9.41. The summed E-state index contributed by atoms with van der Waals surface area (Å²) in [6, 6.07) is 7.55. The molecule has 15 heavy (non-hydrogen) atoms. The molecular formula is C12H17NO2. The third-order valence-electron chi connectivity index (χ3n) is 2.39. The van der Waals surface area contributed by atoms with Gasteiger partial charge < -0.3 is 10.1 Å². The molecule has 0 aromatic heterocycles. The molecule has 3 nitrogen and oxygen atoms in total. The number of ether oxygens (including phenoxy) is 1. The number of carbonyl (C=O) groups is 1. The lowest BCUT2D eigenvalue weighted by Gasteiger charge is -2.14. The Morgan fingerprint density at radius 1 is 1.47 bits per heavy atom. The van der Waals surface area contributed by atoms with Gasteiger partial charge >= 0.3 is 0 Å². The first-order valence-corrected chi connectivity index (χ1v) is 5.00. The third kappa shape index (κ3) is 2.88. The Labute approximate surface area is 90.4 Å². The molecule has 0 aliphatic carbocycles. The Bertz CT molecular complexity index is 336.